The molecule has 0 radical (unpaired) electrons. The van der Waals surface area contributed by atoms with Crippen molar-refractivity contribution >= 4 is 49.8 Å². The largest absolute Gasteiger partial charge is 0.416 e. The third-order valence-corrected chi connectivity index (χ3v) is 8.87. The lowest BCUT2D eigenvalue weighted by molar-refractivity contribution is -0.137. The van der Waals surface area contributed by atoms with Gasteiger partial charge in [-0.1, -0.05) is 23.2 Å². The Morgan fingerprint density at radius 3 is 2.35 bits per heavy atom. The summed E-state index contributed by atoms with van der Waals surface area (Å²) < 4.78 is 64.9. The van der Waals surface area contributed by atoms with Crippen molar-refractivity contribution in [2.24, 2.45) is 13.0 Å². The monoisotopic (exact) mass is 574 g/mol. The molecule has 0 N–H and O–H groups in total. The number of carbonyl (C=O) groups excluding carboxylic acids is 1. The quantitative estimate of drug-likeness (QED) is 0.359. The average molecular weight is 575 g/mol. The number of halogens is 5. The molecule has 0 aliphatic carbocycles. The Morgan fingerprint density at radius 2 is 1.76 bits per heavy atom. The molecule has 0 spiro atoms. The normalized spacial score (nSPS) is 15.5. The van der Waals surface area contributed by atoms with Gasteiger partial charge < -0.3 is 9.47 Å². The van der Waals surface area contributed by atoms with Gasteiger partial charge in [-0.2, -0.15) is 13.2 Å². The Labute approximate surface area is 224 Å². The summed E-state index contributed by atoms with van der Waals surface area (Å²) in [6.07, 6.45) is -1.84. The molecular formula is C26H27Cl2F3N2O3S. The van der Waals surface area contributed by atoms with Crippen LogP contribution in [-0.4, -0.2) is 48.9 Å². The van der Waals surface area contributed by atoms with Gasteiger partial charge in [0.2, 0.25) is 0 Å². The molecule has 0 atom stereocenters. The number of hydrogen-bond donors (Lipinski definition) is 0. The predicted octanol–water partition coefficient (Wildman–Crippen LogP) is 6.30. The Hall–Kier alpha value is -2.23. The first-order valence-electron chi connectivity index (χ1n) is 11.8. The SMILES string of the molecule is Cc1cc(C(F)(F)F)cc2c1cc(Cc1c(Cl)ccc(C(=O)N3CCC(CS(C)(=O)=O)CC3)c1Cl)n2C. The van der Waals surface area contributed by atoms with Crippen LogP contribution < -0.4 is 0 Å². The standard InChI is InChI=1S/C26H27Cl2F3N2O3S/c1-15-10-17(26(29,30)31)11-23-20(15)12-18(32(23)2)13-21-22(27)5-4-19(24(21)28)25(34)33-8-6-16(7-9-33)14-37(3,35)36/h4-5,10-12,16H,6-9,13-14H2,1-3H3. The lowest BCUT2D eigenvalue weighted by Crippen LogP contribution is -2.40. The molecule has 2 aromatic carbocycles. The van der Waals surface area contributed by atoms with E-state index < -0.39 is 21.6 Å². The molecule has 1 amide bonds. The molecule has 5 nitrogen and oxygen atoms in total. The number of carbonyl (C=O) groups is 1. The number of rotatable bonds is 5. The maximum absolute atomic E-state index is 13.3. The van der Waals surface area contributed by atoms with Crippen LogP contribution in [0.15, 0.2) is 30.3 Å². The van der Waals surface area contributed by atoms with Gasteiger partial charge in [-0.3, -0.25) is 4.79 Å². The highest BCUT2D eigenvalue weighted by Crippen LogP contribution is 2.36. The molecular weight excluding hydrogens is 548 g/mol. The second-order valence-corrected chi connectivity index (χ2v) is 12.8. The van der Waals surface area contributed by atoms with Crippen molar-refractivity contribution in [3.8, 4) is 0 Å². The predicted molar refractivity (Wildman–Crippen MR) is 140 cm³/mol. The van der Waals surface area contributed by atoms with Gasteiger partial charge in [-0.15, -0.1) is 0 Å². The van der Waals surface area contributed by atoms with Gasteiger partial charge in [0.1, 0.15) is 9.84 Å². The Morgan fingerprint density at radius 1 is 1.11 bits per heavy atom. The van der Waals surface area contributed by atoms with Gasteiger partial charge in [0.05, 0.1) is 21.9 Å². The summed E-state index contributed by atoms with van der Waals surface area (Å²) in [6.45, 7) is 2.49. The molecule has 0 bridgehead atoms. The van der Waals surface area contributed by atoms with Crippen molar-refractivity contribution in [1.29, 1.82) is 0 Å². The second-order valence-electron chi connectivity index (χ2n) is 9.81. The number of benzene rings is 2. The van der Waals surface area contributed by atoms with Gasteiger partial charge in [0.15, 0.2) is 0 Å². The van der Waals surface area contributed by atoms with Gasteiger partial charge in [0, 0.05) is 54.4 Å². The molecule has 1 saturated heterocycles. The number of amides is 1. The molecule has 4 rings (SSSR count). The summed E-state index contributed by atoms with van der Waals surface area (Å²) in [7, 11) is -1.39. The number of aromatic nitrogens is 1. The van der Waals surface area contributed by atoms with Crippen molar-refractivity contribution in [3.63, 3.8) is 0 Å². The molecule has 1 fully saturated rings. The van der Waals surface area contributed by atoms with E-state index in [2.05, 4.69) is 0 Å². The van der Waals surface area contributed by atoms with Crippen LogP contribution in [0.3, 0.4) is 0 Å². The first-order chi connectivity index (χ1) is 17.2. The third kappa shape index (κ3) is 5.94. The van der Waals surface area contributed by atoms with Crippen LogP contribution >= 0.6 is 23.2 Å². The van der Waals surface area contributed by atoms with Gasteiger partial charge in [0.25, 0.3) is 5.91 Å². The van der Waals surface area contributed by atoms with E-state index in [-0.39, 0.29) is 34.6 Å². The van der Waals surface area contributed by atoms with E-state index in [4.69, 9.17) is 23.2 Å². The summed E-state index contributed by atoms with van der Waals surface area (Å²) >= 11 is 13.2. The number of alkyl halides is 3. The summed E-state index contributed by atoms with van der Waals surface area (Å²) in [6, 6.07) is 7.24. The minimum absolute atomic E-state index is 0.0168. The van der Waals surface area contributed by atoms with Crippen molar-refractivity contribution in [2.45, 2.75) is 32.4 Å². The van der Waals surface area contributed by atoms with E-state index >= 15 is 0 Å². The molecule has 1 aliphatic rings. The number of fused-ring (bicyclic) bond motifs is 1. The topological polar surface area (TPSA) is 59.4 Å². The van der Waals surface area contributed by atoms with Crippen LogP contribution in [0, 0.1) is 12.8 Å². The second kappa shape index (κ2) is 10.2. The van der Waals surface area contributed by atoms with E-state index in [0.29, 0.717) is 58.7 Å². The molecule has 11 heteroatoms. The molecule has 1 aromatic heterocycles. The number of aryl methyl sites for hydroxylation is 2. The van der Waals surface area contributed by atoms with Crippen LogP contribution in [0.1, 0.15) is 45.6 Å². The number of piperidine rings is 1. The zero-order valence-corrected chi connectivity index (χ0v) is 23.0. The zero-order valence-electron chi connectivity index (χ0n) is 20.6. The van der Waals surface area contributed by atoms with E-state index in [0.717, 1.165) is 12.1 Å². The van der Waals surface area contributed by atoms with E-state index in [1.54, 1.807) is 35.6 Å². The summed E-state index contributed by atoms with van der Waals surface area (Å²) in [4.78, 5) is 14.9. The first kappa shape index (κ1) is 27.8. The lowest BCUT2D eigenvalue weighted by atomic mass is 9.97. The van der Waals surface area contributed by atoms with Gasteiger partial charge in [-0.25, -0.2) is 8.42 Å². The van der Waals surface area contributed by atoms with Crippen LogP contribution in [0.4, 0.5) is 13.2 Å². The maximum Gasteiger partial charge on any atom is 0.416 e. The number of hydrogen-bond acceptors (Lipinski definition) is 3. The summed E-state index contributed by atoms with van der Waals surface area (Å²) in [5.74, 6) is -0.137. The smallest absolute Gasteiger partial charge is 0.347 e. The fraction of sp³-hybridized carbons (Fsp3) is 0.423. The van der Waals surface area contributed by atoms with E-state index in [1.165, 1.54) is 6.26 Å². The van der Waals surface area contributed by atoms with Crippen molar-refractivity contribution in [2.75, 3.05) is 25.1 Å². The minimum Gasteiger partial charge on any atom is -0.347 e. The molecule has 1 aliphatic heterocycles. The zero-order chi connectivity index (χ0) is 27.3. The average Bonchev–Trinajstić information content (AvgIpc) is 3.11. The fourth-order valence-corrected chi connectivity index (χ4v) is 6.78. The summed E-state index contributed by atoms with van der Waals surface area (Å²) in [5.41, 5.74) is 1.74. The maximum atomic E-state index is 13.3. The fourth-order valence-electron chi connectivity index (χ4n) is 5.00. The number of nitrogens with zero attached hydrogens (tertiary/aromatic N) is 2. The Bertz CT molecular complexity index is 1470. The van der Waals surface area contributed by atoms with E-state index in [1.807, 2.05) is 6.07 Å². The van der Waals surface area contributed by atoms with Crippen LogP contribution in [0.25, 0.3) is 10.9 Å². The number of sulfone groups is 1. The molecule has 2 heterocycles. The third-order valence-electron chi connectivity index (χ3n) is 7.01. The molecule has 0 saturated carbocycles. The van der Waals surface area contributed by atoms with Crippen molar-refractivity contribution < 1.29 is 26.4 Å². The Balaban J connectivity index is 1.61. The highest BCUT2D eigenvalue weighted by molar-refractivity contribution is 7.90. The highest BCUT2D eigenvalue weighted by atomic mass is 35.5. The number of likely N-dealkylation sites (tertiary alicyclic amines) is 1. The summed E-state index contributed by atoms with van der Waals surface area (Å²) in [5, 5.41) is 1.25. The van der Waals surface area contributed by atoms with Crippen molar-refractivity contribution in [1.82, 2.24) is 9.47 Å². The van der Waals surface area contributed by atoms with Gasteiger partial charge in [-0.05, 0) is 67.1 Å². The molecule has 200 valence electrons. The molecule has 37 heavy (non-hydrogen) atoms. The molecule has 3 aromatic rings. The minimum atomic E-state index is -4.45. The molecule has 0 unspecified atom stereocenters. The van der Waals surface area contributed by atoms with Crippen molar-refractivity contribution in [3.05, 3.63) is 68.3 Å². The van der Waals surface area contributed by atoms with Crippen LogP contribution in [-0.2, 0) is 29.5 Å². The lowest BCUT2D eigenvalue weighted by Gasteiger charge is -2.32. The van der Waals surface area contributed by atoms with E-state index in [9.17, 15) is 26.4 Å². The van der Waals surface area contributed by atoms with Gasteiger partial charge >= 0.3 is 6.18 Å². The first-order valence-corrected chi connectivity index (χ1v) is 14.6. The van der Waals surface area contributed by atoms with Crippen LogP contribution in [0.5, 0.6) is 0 Å². The van der Waals surface area contributed by atoms with Crippen LogP contribution in [0.2, 0.25) is 10.0 Å². The Kier molecular flexibility index (Phi) is 7.63. The highest BCUT2D eigenvalue weighted by Gasteiger charge is 2.32.